The highest BCUT2D eigenvalue weighted by molar-refractivity contribution is 6.44. The second-order valence-corrected chi connectivity index (χ2v) is 6.64. The molecule has 2 aliphatic rings. The van der Waals surface area contributed by atoms with Gasteiger partial charge < -0.3 is 24.1 Å². The van der Waals surface area contributed by atoms with Crippen LogP contribution >= 0.6 is 0 Å². The topological polar surface area (TPSA) is 97.1 Å². The first-order valence-corrected chi connectivity index (χ1v) is 8.69. The summed E-state index contributed by atoms with van der Waals surface area (Å²) in [5.41, 5.74) is 0.786. The lowest BCUT2D eigenvalue weighted by Crippen LogP contribution is -2.54. The van der Waals surface area contributed by atoms with Crippen LogP contribution in [0.1, 0.15) is 15.9 Å². The summed E-state index contributed by atoms with van der Waals surface area (Å²) in [6, 6.07) is 3.51. The molecule has 0 spiro atoms. The third-order valence-electron chi connectivity index (χ3n) is 4.78. The Hall–Kier alpha value is -2.52. The first-order valence-electron chi connectivity index (χ1n) is 8.69. The molecule has 0 radical (unpaired) electrons. The van der Waals surface area contributed by atoms with Crippen molar-refractivity contribution in [2.75, 3.05) is 19.6 Å². The summed E-state index contributed by atoms with van der Waals surface area (Å²) in [6.07, 6.45) is 6.46. The average molecular weight is 357 g/mol. The van der Waals surface area contributed by atoms with E-state index < -0.39 is 13.1 Å². The number of nitrogens with zero attached hydrogens (tertiary/aromatic N) is 3. The van der Waals surface area contributed by atoms with E-state index in [-0.39, 0.29) is 17.4 Å². The molecule has 3 heterocycles. The summed E-state index contributed by atoms with van der Waals surface area (Å²) in [6.45, 7) is 3.24. The van der Waals surface area contributed by atoms with Crippen LogP contribution in [-0.4, -0.2) is 63.4 Å². The van der Waals surface area contributed by atoms with Gasteiger partial charge in [0.25, 0.3) is 0 Å². The monoisotopic (exact) mass is 357 g/mol. The zero-order valence-electron chi connectivity index (χ0n) is 14.2. The van der Waals surface area contributed by atoms with Gasteiger partial charge >= 0.3 is 13.1 Å². The molecular formula is C17H20BN3O5. The molecule has 0 unspecified atom stereocenters. The standard InChI is InChI=1S/C17H20BN3O5/c22-17(23)15-14(2-1-12-3-4-18(24)26-16(12)15)25-13-9-21(10-13)8-7-20-6-5-19-11-20/h1-2,5-6,11,13,24H,3-4,7-10H2,(H,22,23). The number of hydrogen-bond acceptors (Lipinski definition) is 6. The van der Waals surface area contributed by atoms with Crippen LogP contribution in [0.3, 0.4) is 0 Å². The summed E-state index contributed by atoms with van der Waals surface area (Å²) in [7, 11) is -0.974. The second kappa shape index (κ2) is 7.01. The highest BCUT2D eigenvalue weighted by Gasteiger charge is 2.33. The Labute approximate surface area is 151 Å². The van der Waals surface area contributed by atoms with Crippen LogP contribution in [0.25, 0.3) is 0 Å². The van der Waals surface area contributed by atoms with Crippen molar-refractivity contribution in [1.29, 1.82) is 0 Å². The fourth-order valence-corrected chi connectivity index (χ4v) is 3.35. The van der Waals surface area contributed by atoms with Crippen LogP contribution in [-0.2, 0) is 13.0 Å². The van der Waals surface area contributed by atoms with Crippen LogP contribution < -0.4 is 9.39 Å². The second-order valence-electron chi connectivity index (χ2n) is 6.64. The van der Waals surface area contributed by atoms with Gasteiger partial charge in [0, 0.05) is 38.6 Å². The normalized spacial score (nSPS) is 17.3. The highest BCUT2D eigenvalue weighted by atomic mass is 16.5. The molecule has 0 amide bonds. The predicted molar refractivity (Wildman–Crippen MR) is 93.6 cm³/mol. The van der Waals surface area contributed by atoms with Gasteiger partial charge in [-0.2, -0.15) is 0 Å². The van der Waals surface area contributed by atoms with Crippen LogP contribution in [0.2, 0.25) is 6.32 Å². The Bertz CT molecular complexity index is 792. The van der Waals surface area contributed by atoms with Crippen molar-refractivity contribution in [2.45, 2.75) is 25.4 Å². The van der Waals surface area contributed by atoms with Crippen molar-refractivity contribution in [3.8, 4) is 11.5 Å². The lowest BCUT2D eigenvalue weighted by Gasteiger charge is -2.39. The Morgan fingerprint density at radius 1 is 1.38 bits per heavy atom. The summed E-state index contributed by atoms with van der Waals surface area (Å²) in [5.74, 6) is -0.586. The number of aromatic nitrogens is 2. The Morgan fingerprint density at radius 2 is 2.23 bits per heavy atom. The molecular weight excluding hydrogens is 337 g/mol. The number of carbonyl (C=O) groups is 1. The minimum absolute atomic E-state index is 0.00174. The van der Waals surface area contributed by atoms with Gasteiger partial charge in [-0.3, -0.25) is 4.90 Å². The maximum Gasteiger partial charge on any atom is 0.522 e. The van der Waals surface area contributed by atoms with Gasteiger partial charge in [0.1, 0.15) is 23.2 Å². The summed E-state index contributed by atoms with van der Waals surface area (Å²) in [5, 5.41) is 19.3. The molecule has 1 fully saturated rings. The largest absolute Gasteiger partial charge is 0.535 e. The van der Waals surface area contributed by atoms with Crippen LogP contribution in [0.15, 0.2) is 30.9 Å². The molecule has 136 valence electrons. The third kappa shape index (κ3) is 3.40. The molecule has 1 saturated heterocycles. The van der Waals surface area contributed by atoms with E-state index in [2.05, 4.69) is 9.88 Å². The number of carboxylic acid groups (broad SMARTS) is 1. The van der Waals surface area contributed by atoms with Gasteiger partial charge in [0.2, 0.25) is 0 Å². The van der Waals surface area contributed by atoms with E-state index in [9.17, 15) is 14.9 Å². The van der Waals surface area contributed by atoms with E-state index in [0.717, 1.165) is 31.7 Å². The van der Waals surface area contributed by atoms with Gasteiger partial charge in [-0.05, 0) is 24.4 Å². The van der Waals surface area contributed by atoms with Crippen molar-refractivity contribution in [1.82, 2.24) is 14.5 Å². The van der Waals surface area contributed by atoms with E-state index in [4.69, 9.17) is 9.39 Å². The van der Waals surface area contributed by atoms with E-state index in [1.54, 1.807) is 18.6 Å². The van der Waals surface area contributed by atoms with Gasteiger partial charge in [0.15, 0.2) is 0 Å². The summed E-state index contributed by atoms with van der Waals surface area (Å²) in [4.78, 5) is 18.0. The van der Waals surface area contributed by atoms with Gasteiger partial charge in [-0.15, -0.1) is 0 Å². The molecule has 26 heavy (non-hydrogen) atoms. The lowest BCUT2D eigenvalue weighted by molar-refractivity contribution is 0.0169. The van der Waals surface area contributed by atoms with Gasteiger partial charge in [-0.1, -0.05) is 6.07 Å². The zero-order chi connectivity index (χ0) is 18.1. The first-order chi connectivity index (χ1) is 12.6. The molecule has 9 heteroatoms. The molecule has 0 bridgehead atoms. The average Bonchev–Trinajstić information content (AvgIpc) is 3.09. The fourth-order valence-electron chi connectivity index (χ4n) is 3.35. The number of fused-ring (bicyclic) bond motifs is 1. The van der Waals surface area contributed by atoms with Crippen molar-refractivity contribution in [2.24, 2.45) is 0 Å². The molecule has 0 atom stereocenters. The number of rotatable bonds is 6. The Balaban J connectivity index is 1.39. The maximum atomic E-state index is 11.7. The molecule has 1 aromatic heterocycles. The summed E-state index contributed by atoms with van der Waals surface area (Å²) >= 11 is 0. The van der Waals surface area contributed by atoms with Gasteiger partial charge in [0.05, 0.1) is 6.33 Å². The fraction of sp³-hybridized carbons (Fsp3) is 0.412. The zero-order valence-corrected chi connectivity index (χ0v) is 14.2. The number of likely N-dealkylation sites (tertiary alicyclic amines) is 1. The Morgan fingerprint density at radius 3 is 2.96 bits per heavy atom. The van der Waals surface area contributed by atoms with E-state index in [1.165, 1.54) is 0 Å². The molecule has 0 saturated carbocycles. The molecule has 2 N–H and O–H groups in total. The van der Waals surface area contributed by atoms with Gasteiger partial charge in [-0.25, -0.2) is 9.78 Å². The van der Waals surface area contributed by atoms with E-state index >= 15 is 0 Å². The summed E-state index contributed by atoms with van der Waals surface area (Å²) < 4.78 is 13.3. The smallest absolute Gasteiger partial charge is 0.522 e. The third-order valence-corrected chi connectivity index (χ3v) is 4.78. The lowest BCUT2D eigenvalue weighted by atomic mass is 9.78. The minimum Gasteiger partial charge on any atom is -0.535 e. The number of hydrogen-bond donors (Lipinski definition) is 2. The van der Waals surface area contributed by atoms with Crippen LogP contribution in [0.4, 0.5) is 0 Å². The number of aromatic carboxylic acids is 1. The quantitative estimate of drug-likeness (QED) is 0.737. The van der Waals surface area contributed by atoms with Crippen molar-refractivity contribution < 1.29 is 24.3 Å². The first kappa shape index (κ1) is 16.9. The molecule has 2 aliphatic heterocycles. The van der Waals surface area contributed by atoms with E-state index in [0.29, 0.717) is 18.5 Å². The van der Waals surface area contributed by atoms with Crippen molar-refractivity contribution in [3.05, 3.63) is 42.0 Å². The van der Waals surface area contributed by atoms with Crippen LogP contribution in [0, 0.1) is 0 Å². The van der Waals surface area contributed by atoms with Crippen LogP contribution in [0.5, 0.6) is 11.5 Å². The molecule has 2 aromatic rings. The van der Waals surface area contributed by atoms with E-state index in [1.807, 2.05) is 16.8 Å². The van der Waals surface area contributed by atoms with Crippen molar-refractivity contribution in [3.63, 3.8) is 0 Å². The minimum atomic E-state index is -1.11. The molecule has 8 nitrogen and oxygen atoms in total. The SMILES string of the molecule is O=C(O)c1c(OC2CN(CCn3ccnc3)C2)ccc2c1OB(O)CC2. The van der Waals surface area contributed by atoms with Crippen molar-refractivity contribution >= 4 is 13.1 Å². The molecule has 1 aromatic carbocycles. The number of aryl methyl sites for hydroxylation is 1. The molecule has 4 rings (SSSR count). The number of carboxylic acids is 1. The number of imidazole rings is 1. The highest BCUT2D eigenvalue weighted by Crippen LogP contribution is 2.37. The number of benzene rings is 1. The predicted octanol–water partition coefficient (Wildman–Crippen LogP) is 0.760. The molecule has 0 aliphatic carbocycles. The Kier molecular flexibility index (Phi) is 4.56. The number of ether oxygens (including phenoxy) is 1. The maximum absolute atomic E-state index is 11.7.